The van der Waals surface area contributed by atoms with Crippen LogP contribution in [0.5, 0.6) is 11.5 Å². The highest BCUT2D eigenvalue weighted by Gasteiger charge is 2.29. The summed E-state index contributed by atoms with van der Waals surface area (Å²) in [7, 11) is 2.79. The Hall–Kier alpha value is -4.54. The van der Waals surface area contributed by atoms with Crippen molar-refractivity contribution in [3.8, 4) is 22.8 Å². The average molecular weight is 535 g/mol. The van der Waals surface area contributed by atoms with Crippen LogP contribution in [0.1, 0.15) is 33.3 Å². The van der Waals surface area contributed by atoms with E-state index < -0.39 is 18.0 Å². The van der Waals surface area contributed by atoms with E-state index in [-0.39, 0.29) is 34.3 Å². The second-order valence-electron chi connectivity index (χ2n) is 8.20. The summed E-state index contributed by atoms with van der Waals surface area (Å²) in [5, 5.41) is 23.8. The zero-order chi connectivity index (χ0) is 27.0. The number of anilines is 2. The van der Waals surface area contributed by atoms with Gasteiger partial charge in [-0.2, -0.15) is 0 Å². The summed E-state index contributed by atoms with van der Waals surface area (Å²) in [6, 6.07) is 13.8. The predicted octanol–water partition coefficient (Wildman–Crippen LogP) is 5.24. The van der Waals surface area contributed by atoms with Gasteiger partial charge in [-0.1, -0.05) is 23.7 Å². The lowest BCUT2D eigenvalue weighted by molar-refractivity contribution is 0.0693. The molecule has 0 fully saturated rings. The number of aliphatic hydroxyl groups excluding tert-OH is 1. The first kappa shape index (κ1) is 25.1. The number of aliphatic imine (C=N–C) groups is 1. The van der Waals surface area contributed by atoms with Gasteiger partial charge in [0.25, 0.3) is 0 Å². The zero-order valence-electron chi connectivity index (χ0n) is 20.1. The van der Waals surface area contributed by atoms with Crippen LogP contribution >= 0.6 is 11.6 Å². The molecule has 3 aromatic carbocycles. The molecule has 11 heteroatoms. The average Bonchev–Trinajstić information content (AvgIpc) is 3.02. The first-order chi connectivity index (χ1) is 18.3. The molecule has 192 valence electrons. The van der Waals surface area contributed by atoms with E-state index in [9.17, 15) is 15.0 Å². The molecule has 0 saturated carbocycles. The summed E-state index contributed by atoms with van der Waals surface area (Å²) in [5.74, 6) is -1.15. The standard InChI is InChI=1S/C27H20ClFN4O5/c1-37-20-5-3-4-19(29)22(20)24-17-10-13(28)6-8-15(17)23-18(25(34)32-24)12-30-27(33-23)31-14-7-9-16(26(35)36)21(11-14)38-2/h3-12,25,34H,1-2H3,(H,35,36)(H,30,31,33). The number of methoxy groups -OCH3 is 2. The van der Waals surface area contributed by atoms with E-state index in [4.69, 9.17) is 21.1 Å². The third-order valence-corrected chi connectivity index (χ3v) is 6.19. The molecule has 0 saturated heterocycles. The Morgan fingerprint density at radius 1 is 1.05 bits per heavy atom. The van der Waals surface area contributed by atoms with Crippen LogP contribution in [-0.4, -0.2) is 46.1 Å². The minimum Gasteiger partial charge on any atom is -0.496 e. The molecule has 38 heavy (non-hydrogen) atoms. The van der Waals surface area contributed by atoms with Gasteiger partial charge in [0.15, 0.2) is 6.23 Å². The highest BCUT2D eigenvalue weighted by Crippen LogP contribution is 2.39. The van der Waals surface area contributed by atoms with Crippen molar-refractivity contribution in [2.24, 2.45) is 4.99 Å². The molecule has 1 atom stereocenters. The Morgan fingerprint density at radius 2 is 1.84 bits per heavy atom. The van der Waals surface area contributed by atoms with E-state index in [0.29, 0.717) is 33.1 Å². The maximum atomic E-state index is 15.1. The van der Waals surface area contributed by atoms with E-state index >= 15 is 4.39 Å². The fraction of sp³-hybridized carbons (Fsp3) is 0.111. The van der Waals surface area contributed by atoms with Gasteiger partial charge in [-0.15, -0.1) is 0 Å². The molecule has 9 nitrogen and oxygen atoms in total. The Kier molecular flexibility index (Phi) is 6.66. The van der Waals surface area contributed by atoms with Crippen LogP contribution in [0.25, 0.3) is 11.3 Å². The Labute approximate surface area is 221 Å². The fourth-order valence-corrected chi connectivity index (χ4v) is 4.39. The third-order valence-electron chi connectivity index (χ3n) is 5.96. The molecule has 0 radical (unpaired) electrons. The smallest absolute Gasteiger partial charge is 0.339 e. The number of halogens is 2. The monoisotopic (exact) mass is 534 g/mol. The number of benzene rings is 3. The number of aromatic carboxylic acids is 1. The molecule has 0 amide bonds. The highest BCUT2D eigenvalue weighted by molar-refractivity contribution is 6.31. The van der Waals surface area contributed by atoms with Gasteiger partial charge in [0.05, 0.1) is 31.2 Å². The Balaban J connectivity index is 1.64. The number of carboxylic acid groups (broad SMARTS) is 1. The van der Waals surface area contributed by atoms with Gasteiger partial charge in [0, 0.05) is 39.7 Å². The molecule has 3 N–H and O–H groups in total. The molecule has 5 rings (SSSR count). The number of fused-ring (bicyclic) bond motifs is 3. The summed E-state index contributed by atoms with van der Waals surface area (Å²) in [4.78, 5) is 24.7. The van der Waals surface area contributed by atoms with Crippen molar-refractivity contribution >= 4 is 34.9 Å². The van der Waals surface area contributed by atoms with Crippen molar-refractivity contribution < 1.29 is 28.9 Å². The number of hydrogen-bond acceptors (Lipinski definition) is 8. The minimum atomic E-state index is -1.42. The number of carboxylic acids is 1. The van der Waals surface area contributed by atoms with Crippen LogP contribution < -0.4 is 14.8 Å². The van der Waals surface area contributed by atoms with Crippen molar-refractivity contribution in [1.82, 2.24) is 9.97 Å². The second kappa shape index (κ2) is 10.1. The molecule has 1 aliphatic heterocycles. The first-order valence-electron chi connectivity index (χ1n) is 11.2. The van der Waals surface area contributed by atoms with Gasteiger partial charge in [0.1, 0.15) is 22.9 Å². The van der Waals surface area contributed by atoms with E-state index in [1.807, 2.05) is 0 Å². The number of nitrogens with zero attached hydrogens (tertiary/aromatic N) is 3. The molecular formula is C27H20ClFN4O5. The van der Waals surface area contributed by atoms with Crippen LogP contribution in [0.3, 0.4) is 0 Å². The van der Waals surface area contributed by atoms with E-state index in [1.54, 1.807) is 30.3 Å². The summed E-state index contributed by atoms with van der Waals surface area (Å²) in [6.07, 6.45) is 0.00110. The minimum absolute atomic E-state index is 0.00285. The maximum absolute atomic E-state index is 15.1. The van der Waals surface area contributed by atoms with Crippen molar-refractivity contribution in [2.45, 2.75) is 6.23 Å². The number of ether oxygens (including phenoxy) is 2. The van der Waals surface area contributed by atoms with Crippen molar-refractivity contribution in [1.29, 1.82) is 0 Å². The van der Waals surface area contributed by atoms with E-state index in [1.165, 1.54) is 44.7 Å². The molecule has 4 aromatic rings. The highest BCUT2D eigenvalue weighted by atomic mass is 35.5. The molecule has 0 spiro atoms. The second-order valence-corrected chi connectivity index (χ2v) is 8.64. The van der Waals surface area contributed by atoms with Gasteiger partial charge in [-0.25, -0.2) is 24.1 Å². The lowest BCUT2D eigenvalue weighted by Crippen LogP contribution is -2.10. The van der Waals surface area contributed by atoms with Gasteiger partial charge in [-0.3, -0.25) is 0 Å². The normalized spacial score (nSPS) is 14.0. The Bertz CT molecular complexity index is 1610. The SMILES string of the molecule is COc1cc(Nc2ncc3c(n2)-c2ccc(Cl)cc2C(c2c(F)cccc2OC)=NC3O)ccc1C(=O)O. The Morgan fingerprint density at radius 3 is 2.58 bits per heavy atom. The van der Waals surface area contributed by atoms with E-state index in [0.717, 1.165) is 0 Å². The van der Waals surface area contributed by atoms with Crippen molar-refractivity contribution in [3.05, 3.63) is 93.9 Å². The number of rotatable bonds is 6. The summed E-state index contributed by atoms with van der Waals surface area (Å²) >= 11 is 6.32. The van der Waals surface area contributed by atoms with Crippen LogP contribution in [-0.2, 0) is 0 Å². The van der Waals surface area contributed by atoms with Crippen LogP contribution in [0, 0.1) is 5.82 Å². The number of nitrogens with one attached hydrogen (secondary N) is 1. The van der Waals surface area contributed by atoms with E-state index in [2.05, 4.69) is 20.3 Å². The largest absolute Gasteiger partial charge is 0.496 e. The van der Waals surface area contributed by atoms with Gasteiger partial charge < -0.3 is 25.0 Å². The topological polar surface area (TPSA) is 126 Å². The third kappa shape index (κ3) is 4.51. The van der Waals surface area contributed by atoms with Gasteiger partial charge in [0.2, 0.25) is 5.95 Å². The first-order valence-corrected chi connectivity index (χ1v) is 11.6. The number of aromatic nitrogens is 2. The van der Waals surface area contributed by atoms with Crippen LogP contribution in [0.15, 0.2) is 65.8 Å². The predicted molar refractivity (Wildman–Crippen MR) is 139 cm³/mol. The lowest BCUT2D eigenvalue weighted by atomic mass is 9.94. The lowest BCUT2D eigenvalue weighted by Gasteiger charge is -2.15. The van der Waals surface area contributed by atoms with Gasteiger partial charge >= 0.3 is 5.97 Å². The number of hydrogen-bond donors (Lipinski definition) is 3. The number of carbonyl (C=O) groups is 1. The molecular weight excluding hydrogens is 515 g/mol. The molecule has 1 aliphatic rings. The maximum Gasteiger partial charge on any atom is 0.339 e. The van der Waals surface area contributed by atoms with Crippen molar-refractivity contribution in [3.63, 3.8) is 0 Å². The zero-order valence-corrected chi connectivity index (χ0v) is 20.8. The van der Waals surface area contributed by atoms with Crippen LogP contribution in [0.2, 0.25) is 5.02 Å². The fourth-order valence-electron chi connectivity index (χ4n) is 4.21. The molecule has 0 bridgehead atoms. The summed E-state index contributed by atoms with van der Waals surface area (Å²) in [5.41, 5.74) is 2.32. The molecule has 0 aliphatic carbocycles. The molecule has 2 heterocycles. The summed E-state index contributed by atoms with van der Waals surface area (Å²) in [6.45, 7) is 0. The van der Waals surface area contributed by atoms with Crippen LogP contribution in [0.4, 0.5) is 16.0 Å². The van der Waals surface area contributed by atoms with Crippen molar-refractivity contribution in [2.75, 3.05) is 19.5 Å². The molecule has 1 unspecified atom stereocenters. The number of aliphatic hydroxyl groups is 1. The molecule has 1 aromatic heterocycles. The van der Waals surface area contributed by atoms with Gasteiger partial charge in [-0.05, 0) is 36.4 Å². The summed E-state index contributed by atoms with van der Waals surface area (Å²) < 4.78 is 25.7. The quantitative estimate of drug-likeness (QED) is 0.307.